The minimum absolute atomic E-state index is 0.132. The van der Waals surface area contributed by atoms with Gasteiger partial charge in [0.1, 0.15) is 17.7 Å². The Bertz CT molecular complexity index is 425. The molecule has 0 bridgehead atoms. The molecule has 0 aromatic heterocycles. The molecule has 5 nitrogen and oxygen atoms in total. The summed E-state index contributed by atoms with van der Waals surface area (Å²) in [5, 5.41) is 19.3. The third-order valence-corrected chi connectivity index (χ3v) is 2.32. The average molecular weight is 257 g/mol. The van der Waals surface area contributed by atoms with Crippen molar-refractivity contribution in [2.75, 3.05) is 6.61 Å². The number of rotatable bonds is 6. The highest BCUT2D eigenvalue weighted by atomic mass is 19.1. The number of ether oxygens (including phenoxy) is 1. The van der Waals surface area contributed by atoms with Crippen molar-refractivity contribution in [3.63, 3.8) is 0 Å². The van der Waals surface area contributed by atoms with Crippen molar-refractivity contribution in [3.05, 3.63) is 29.6 Å². The number of hydrogen-bond acceptors (Lipinski definition) is 4. The lowest BCUT2D eigenvalue weighted by atomic mass is 10.0. The Morgan fingerprint density at radius 2 is 2.11 bits per heavy atom. The molecule has 4 N–H and O–H groups in total. The van der Waals surface area contributed by atoms with E-state index in [1.807, 2.05) is 0 Å². The van der Waals surface area contributed by atoms with Crippen molar-refractivity contribution < 1.29 is 24.1 Å². The highest BCUT2D eigenvalue weighted by Crippen LogP contribution is 2.24. The fourth-order valence-electron chi connectivity index (χ4n) is 1.55. The zero-order valence-electron chi connectivity index (χ0n) is 9.97. The fourth-order valence-corrected chi connectivity index (χ4v) is 1.55. The van der Waals surface area contributed by atoms with Gasteiger partial charge in [-0.05, 0) is 24.6 Å². The van der Waals surface area contributed by atoms with Crippen LogP contribution < -0.4 is 10.5 Å². The van der Waals surface area contributed by atoms with Gasteiger partial charge in [0.15, 0.2) is 0 Å². The molecule has 0 fully saturated rings. The highest BCUT2D eigenvalue weighted by molar-refractivity contribution is 5.74. The number of hydrogen-bond donors (Lipinski definition) is 3. The summed E-state index contributed by atoms with van der Waals surface area (Å²) in [5.41, 5.74) is 5.04. The molecule has 1 aromatic carbocycles. The number of carbonyl (C=O) groups is 1. The molecule has 2 atom stereocenters. The first-order valence-corrected chi connectivity index (χ1v) is 5.51. The number of nitrogens with two attached hydrogens (primary N) is 1. The van der Waals surface area contributed by atoms with Crippen LogP contribution in [0.4, 0.5) is 4.39 Å². The number of aliphatic hydroxyl groups excluding tert-OH is 2. The number of amides is 1. The number of aliphatic hydroxyl groups is 2. The van der Waals surface area contributed by atoms with Crippen LogP contribution in [0.1, 0.15) is 25.0 Å². The largest absolute Gasteiger partial charge is 0.494 e. The first kappa shape index (κ1) is 14.4. The summed E-state index contributed by atoms with van der Waals surface area (Å²) in [6, 6.07) is 3.64. The van der Waals surface area contributed by atoms with E-state index in [0.717, 1.165) is 6.07 Å². The SMILES string of the molecule is CCOc1cc(F)cc(C(O)C(O)CC(N)=O)c1. The Morgan fingerprint density at radius 1 is 1.44 bits per heavy atom. The Balaban J connectivity index is 2.90. The first-order chi connectivity index (χ1) is 8.43. The minimum atomic E-state index is -1.40. The third kappa shape index (κ3) is 3.97. The maximum Gasteiger partial charge on any atom is 0.220 e. The monoisotopic (exact) mass is 257 g/mol. The topological polar surface area (TPSA) is 92.8 Å². The molecule has 0 aliphatic rings. The van der Waals surface area contributed by atoms with E-state index in [0.29, 0.717) is 6.61 Å². The first-order valence-electron chi connectivity index (χ1n) is 5.51. The van der Waals surface area contributed by atoms with Crippen LogP contribution in [0.25, 0.3) is 0 Å². The highest BCUT2D eigenvalue weighted by Gasteiger charge is 2.21. The molecule has 1 amide bonds. The maximum atomic E-state index is 13.3. The summed E-state index contributed by atoms with van der Waals surface area (Å²) in [7, 11) is 0. The molecule has 1 aromatic rings. The molecule has 0 spiro atoms. The summed E-state index contributed by atoms with van der Waals surface area (Å²) in [5.74, 6) is -1.10. The third-order valence-electron chi connectivity index (χ3n) is 2.32. The molecule has 0 aliphatic heterocycles. The molecule has 0 aliphatic carbocycles. The van der Waals surface area contributed by atoms with Gasteiger partial charge in [0, 0.05) is 6.07 Å². The number of benzene rings is 1. The van der Waals surface area contributed by atoms with E-state index in [4.69, 9.17) is 10.5 Å². The smallest absolute Gasteiger partial charge is 0.220 e. The van der Waals surface area contributed by atoms with Gasteiger partial charge in [-0.1, -0.05) is 0 Å². The molecule has 0 saturated carbocycles. The van der Waals surface area contributed by atoms with Crippen LogP contribution in [0.15, 0.2) is 18.2 Å². The van der Waals surface area contributed by atoms with Gasteiger partial charge in [-0.15, -0.1) is 0 Å². The van der Waals surface area contributed by atoms with Gasteiger partial charge in [-0.2, -0.15) is 0 Å². The van der Waals surface area contributed by atoms with Crippen molar-refractivity contribution in [1.29, 1.82) is 0 Å². The second-order valence-electron chi connectivity index (χ2n) is 3.84. The van der Waals surface area contributed by atoms with E-state index in [1.165, 1.54) is 12.1 Å². The van der Waals surface area contributed by atoms with Crippen LogP contribution in [0.2, 0.25) is 0 Å². The zero-order chi connectivity index (χ0) is 13.7. The number of halogens is 1. The van der Waals surface area contributed by atoms with Gasteiger partial charge in [0.05, 0.1) is 19.1 Å². The predicted octanol–water partition coefficient (Wildman–Crippen LogP) is 0.494. The van der Waals surface area contributed by atoms with E-state index in [9.17, 15) is 19.4 Å². The van der Waals surface area contributed by atoms with Crippen molar-refractivity contribution in [3.8, 4) is 5.75 Å². The quantitative estimate of drug-likeness (QED) is 0.691. The van der Waals surface area contributed by atoms with Crippen LogP contribution >= 0.6 is 0 Å². The molecule has 6 heteroatoms. The Morgan fingerprint density at radius 3 is 2.67 bits per heavy atom. The second-order valence-corrected chi connectivity index (χ2v) is 3.84. The Labute approximate surface area is 104 Å². The second kappa shape index (κ2) is 6.32. The summed E-state index contributed by atoms with van der Waals surface area (Å²) in [6.45, 7) is 2.09. The van der Waals surface area contributed by atoms with Crippen molar-refractivity contribution in [1.82, 2.24) is 0 Å². The van der Waals surface area contributed by atoms with Gasteiger partial charge in [0.25, 0.3) is 0 Å². The molecule has 2 unspecified atom stereocenters. The van der Waals surface area contributed by atoms with Gasteiger partial charge in [-0.25, -0.2) is 4.39 Å². The van der Waals surface area contributed by atoms with Crippen LogP contribution in [0.3, 0.4) is 0 Å². The van der Waals surface area contributed by atoms with Crippen LogP contribution in [-0.2, 0) is 4.79 Å². The van der Waals surface area contributed by atoms with Crippen molar-refractivity contribution in [2.45, 2.75) is 25.6 Å². The van der Waals surface area contributed by atoms with Crippen LogP contribution in [0.5, 0.6) is 5.75 Å². The van der Waals surface area contributed by atoms with Crippen molar-refractivity contribution in [2.24, 2.45) is 5.73 Å². The van der Waals surface area contributed by atoms with Gasteiger partial charge in [0.2, 0.25) is 5.91 Å². The van der Waals surface area contributed by atoms with Gasteiger partial charge in [-0.3, -0.25) is 4.79 Å². The van der Waals surface area contributed by atoms with E-state index in [2.05, 4.69) is 0 Å². The standard InChI is InChI=1S/C12H16FNO4/c1-2-18-9-4-7(3-8(13)5-9)12(17)10(15)6-11(14)16/h3-5,10,12,15,17H,2,6H2,1H3,(H2,14,16). The fraction of sp³-hybridized carbons (Fsp3) is 0.417. The Kier molecular flexibility index (Phi) is 5.06. The number of primary amides is 1. The number of carbonyl (C=O) groups excluding carboxylic acids is 1. The average Bonchev–Trinajstić information content (AvgIpc) is 2.26. The normalized spacial score (nSPS) is 14.0. The van der Waals surface area contributed by atoms with Gasteiger partial charge < -0.3 is 20.7 Å². The molecular weight excluding hydrogens is 241 g/mol. The van der Waals surface area contributed by atoms with E-state index < -0.39 is 30.4 Å². The lowest BCUT2D eigenvalue weighted by molar-refractivity contribution is -0.121. The summed E-state index contributed by atoms with van der Waals surface area (Å²) >= 11 is 0. The molecule has 0 radical (unpaired) electrons. The summed E-state index contributed by atoms with van der Waals surface area (Å²) in [6.07, 6.45) is -3.17. The Hall–Kier alpha value is -1.66. The molecule has 0 saturated heterocycles. The van der Waals surface area contributed by atoms with E-state index in [1.54, 1.807) is 6.92 Å². The van der Waals surface area contributed by atoms with E-state index in [-0.39, 0.29) is 11.3 Å². The van der Waals surface area contributed by atoms with Gasteiger partial charge >= 0.3 is 0 Å². The maximum absolute atomic E-state index is 13.3. The van der Waals surface area contributed by atoms with E-state index >= 15 is 0 Å². The summed E-state index contributed by atoms with van der Waals surface area (Å²) in [4.78, 5) is 10.6. The lowest BCUT2D eigenvalue weighted by Gasteiger charge is -2.17. The van der Waals surface area contributed by atoms with Crippen molar-refractivity contribution >= 4 is 5.91 Å². The zero-order valence-corrected chi connectivity index (χ0v) is 9.97. The van der Waals surface area contributed by atoms with Crippen LogP contribution in [-0.4, -0.2) is 28.8 Å². The summed E-state index contributed by atoms with van der Waals surface area (Å²) < 4.78 is 18.4. The molecule has 100 valence electrons. The lowest BCUT2D eigenvalue weighted by Crippen LogP contribution is -2.25. The minimum Gasteiger partial charge on any atom is -0.494 e. The molecule has 18 heavy (non-hydrogen) atoms. The molecular formula is C12H16FNO4. The predicted molar refractivity (Wildman–Crippen MR) is 62.3 cm³/mol. The van der Waals surface area contributed by atoms with Crippen LogP contribution in [0, 0.1) is 5.82 Å². The molecule has 1 rings (SSSR count). The molecule has 0 heterocycles.